The molecule has 28 heavy (non-hydrogen) atoms. The molecule has 2 fully saturated rings. The molecule has 2 aliphatic heterocycles. The van der Waals surface area contributed by atoms with Gasteiger partial charge in [0.15, 0.2) is 0 Å². The standard InChI is InChI=1S/C19H30ClN3O3S2/c1-15(19(24)21-9-14-22-10-3-2-4-11-22)16-7-12-23(13-8-16)28(25,26)18-6-5-17(20)27-18/h5-6,15-16H,2-4,7-14H2,1H3,(H,21,24). The molecule has 1 amide bonds. The minimum absolute atomic E-state index is 0.0864. The van der Waals surface area contributed by atoms with Crippen LogP contribution in [0, 0.1) is 11.8 Å². The molecule has 2 saturated heterocycles. The predicted octanol–water partition coefficient (Wildman–Crippen LogP) is 3.04. The van der Waals surface area contributed by atoms with E-state index in [1.807, 2.05) is 6.92 Å². The minimum atomic E-state index is -3.48. The van der Waals surface area contributed by atoms with Gasteiger partial charge in [-0.25, -0.2) is 8.42 Å². The molecule has 0 radical (unpaired) electrons. The number of halogens is 1. The highest BCUT2D eigenvalue weighted by Crippen LogP contribution is 2.32. The SMILES string of the molecule is CC(C(=O)NCCN1CCCCC1)C1CCN(S(=O)(=O)c2ccc(Cl)s2)CC1. The normalized spacial score (nSPS) is 21.5. The summed E-state index contributed by atoms with van der Waals surface area (Å²) in [6.45, 7) is 6.74. The van der Waals surface area contributed by atoms with Gasteiger partial charge in [-0.2, -0.15) is 4.31 Å². The van der Waals surface area contributed by atoms with Crippen molar-refractivity contribution in [2.45, 2.75) is 43.2 Å². The Balaban J connectivity index is 1.44. The van der Waals surface area contributed by atoms with Crippen LogP contribution in [0.25, 0.3) is 0 Å². The number of nitrogens with one attached hydrogen (secondary N) is 1. The molecule has 6 nitrogen and oxygen atoms in total. The van der Waals surface area contributed by atoms with E-state index in [0.29, 0.717) is 41.0 Å². The van der Waals surface area contributed by atoms with E-state index in [9.17, 15) is 13.2 Å². The van der Waals surface area contributed by atoms with E-state index in [0.717, 1.165) is 31.0 Å². The van der Waals surface area contributed by atoms with Gasteiger partial charge in [0.1, 0.15) is 4.21 Å². The fraction of sp³-hybridized carbons (Fsp3) is 0.737. The lowest BCUT2D eigenvalue weighted by Gasteiger charge is -2.33. The van der Waals surface area contributed by atoms with Gasteiger partial charge in [0.2, 0.25) is 5.91 Å². The van der Waals surface area contributed by atoms with E-state index in [4.69, 9.17) is 11.6 Å². The van der Waals surface area contributed by atoms with Crippen LogP contribution in [0.2, 0.25) is 4.34 Å². The van der Waals surface area contributed by atoms with Gasteiger partial charge >= 0.3 is 0 Å². The first-order valence-electron chi connectivity index (χ1n) is 10.1. The average Bonchev–Trinajstić information content (AvgIpc) is 3.15. The van der Waals surface area contributed by atoms with Gasteiger partial charge < -0.3 is 10.2 Å². The van der Waals surface area contributed by atoms with Gasteiger partial charge in [0.25, 0.3) is 10.0 Å². The predicted molar refractivity (Wildman–Crippen MR) is 113 cm³/mol. The Labute approximate surface area is 177 Å². The second-order valence-electron chi connectivity index (χ2n) is 7.78. The van der Waals surface area contributed by atoms with Crippen LogP contribution in [-0.2, 0) is 14.8 Å². The number of piperidine rings is 2. The van der Waals surface area contributed by atoms with Gasteiger partial charge in [0, 0.05) is 32.1 Å². The molecule has 1 aromatic heterocycles. The number of hydrogen-bond acceptors (Lipinski definition) is 5. The number of carbonyl (C=O) groups excluding carboxylic acids is 1. The van der Waals surface area contributed by atoms with Crippen LogP contribution in [-0.4, -0.2) is 62.8 Å². The zero-order valence-corrected chi connectivity index (χ0v) is 18.8. The van der Waals surface area contributed by atoms with Crippen molar-refractivity contribution in [3.8, 4) is 0 Å². The summed E-state index contributed by atoms with van der Waals surface area (Å²) >= 11 is 6.97. The Hall–Kier alpha value is -0.670. The zero-order valence-electron chi connectivity index (χ0n) is 16.4. The molecule has 0 spiro atoms. The third-order valence-corrected chi connectivity index (χ3v) is 9.54. The van der Waals surface area contributed by atoms with E-state index >= 15 is 0 Å². The maximum absolute atomic E-state index is 12.7. The molecule has 9 heteroatoms. The molecule has 0 aliphatic carbocycles. The smallest absolute Gasteiger partial charge is 0.252 e. The molecule has 0 saturated carbocycles. The van der Waals surface area contributed by atoms with Gasteiger partial charge in [-0.3, -0.25) is 4.79 Å². The van der Waals surface area contributed by atoms with Gasteiger partial charge in [-0.1, -0.05) is 24.9 Å². The van der Waals surface area contributed by atoms with Crippen molar-refractivity contribution in [1.82, 2.24) is 14.5 Å². The Morgan fingerprint density at radius 3 is 2.50 bits per heavy atom. The van der Waals surface area contributed by atoms with Crippen molar-refractivity contribution in [2.24, 2.45) is 11.8 Å². The van der Waals surface area contributed by atoms with Gasteiger partial charge in [-0.05, 0) is 56.8 Å². The molecule has 1 N–H and O–H groups in total. The lowest BCUT2D eigenvalue weighted by molar-refractivity contribution is -0.126. The number of nitrogens with zero attached hydrogens (tertiary/aromatic N) is 2. The lowest BCUT2D eigenvalue weighted by Crippen LogP contribution is -2.44. The summed E-state index contributed by atoms with van der Waals surface area (Å²) in [4.78, 5) is 14.9. The number of amides is 1. The number of thiophene rings is 1. The fourth-order valence-corrected chi connectivity index (χ4v) is 7.18. The number of hydrogen-bond donors (Lipinski definition) is 1. The molecule has 1 atom stereocenters. The maximum Gasteiger partial charge on any atom is 0.252 e. The van der Waals surface area contributed by atoms with Gasteiger partial charge in [0.05, 0.1) is 4.34 Å². The molecule has 3 heterocycles. The summed E-state index contributed by atoms with van der Waals surface area (Å²) < 4.78 is 27.7. The molecule has 1 aromatic rings. The highest BCUT2D eigenvalue weighted by atomic mass is 35.5. The third-order valence-electron chi connectivity index (χ3n) is 5.94. The van der Waals surface area contributed by atoms with Gasteiger partial charge in [-0.15, -0.1) is 11.3 Å². The summed E-state index contributed by atoms with van der Waals surface area (Å²) in [5, 5.41) is 3.07. The molecule has 0 bridgehead atoms. The molecule has 2 aliphatic rings. The minimum Gasteiger partial charge on any atom is -0.355 e. The first-order chi connectivity index (χ1) is 13.4. The van der Waals surface area contributed by atoms with Crippen molar-refractivity contribution in [3.63, 3.8) is 0 Å². The second kappa shape index (κ2) is 9.89. The van der Waals surface area contributed by atoms with E-state index in [-0.39, 0.29) is 17.7 Å². The molecule has 3 rings (SSSR count). The Bertz CT molecular complexity index is 754. The second-order valence-corrected chi connectivity index (χ2v) is 11.7. The number of sulfonamides is 1. The first-order valence-corrected chi connectivity index (χ1v) is 12.8. The number of carbonyl (C=O) groups is 1. The van der Waals surface area contributed by atoms with Crippen LogP contribution in [0.15, 0.2) is 16.3 Å². The van der Waals surface area contributed by atoms with E-state index in [2.05, 4.69) is 10.2 Å². The summed E-state index contributed by atoms with van der Waals surface area (Å²) in [6.07, 6.45) is 5.24. The van der Waals surface area contributed by atoms with Crippen molar-refractivity contribution >= 4 is 38.9 Å². The molecule has 158 valence electrons. The van der Waals surface area contributed by atoms with E-state index < -0.39 is 10.0 Å². The monoisotopic (exact) mass is 447 g/mol. The Morgan fingerprint density at radius 2 is 1.89 bits per heavy atom. The fourth-order valence-electron chi connectivity index (χ4n) is 4.07. The highest BCUT2D eigenvalue weighted by molar-refractivity contribution is 7.91. The summed E-state index contributed by atoms with van der Waals surface area (Å²) in [7, 11) is -3.48. The van der Waals surface area contributed by atoms with Crippen LogP contribution in [0.5, 0.6) is 0 Å². The van der Waals surface area contributed by atoms with Crippen LogP contribution in [0.3, 0.4) is 0 Å². The summed E-state index contributed by atoms with van der Waals surface area (Å²) in [5.74, 6) is 0.208. The Kier molecular flexibility index (Phi) is 7.78. The topological polar surface area (TPSA) is 69.7 Å². The van der Waals surface area contributed by atoms with E-state index in [1.165, 1.54) is 23.6 Å². The van der Waals surface area contributed by atoms with Crippen LogP contribution >= 0.6 is 22.9 Å². The van der Waals surface area contributed by atoms with Crippen LogP contribution in [0.4, 0.5) is 0 Å². The van der Waals surface area contributed by atoms with Crippen molar-refractivity contribution in [2.75, 3.05) is 39.3 Å². The summed E-state index contributed by atoms with van der Waals surface area (Å²) in [6, 6.07) is 3.18. The van der Waals surface area contributed by atoms with Crippen LogP contribution < -0.4 is 5.32 Å². The zero-order chi connectivity index (χ0) is 20.1. The molecule has 1 unspecified atom stereocenters. The van der Waals surface area contributed by atoms with Crippen molar-refractivity contribution < 1.29 is 13.2 Å². The number of rotatable bonds is 7. The number of likely N-dealkylation sites (tertiary alicyclic amines) is 1. The maximum atomic E-state index is 12.7. The lowest BCUT2D eigenvalue weighted by atomic mass is 9.85. The van der Waals surface area contributed by atoms with E-state index in [1.54, 1.807) is 12.1 Å². The molecular formula is C19H30ClN3O3S2. The molecular weight excluding hydrogens is 418 g/mol. The average molecular weight is 448 g/mol. The third kappa shape index (κ3) is 5.48. The largest absolute Gasteiger partial charge is 0.355 e. The highest BCUT2D eigenvalue weighted by Gasteiger charge is 2.34. The van der Waals surface area contributed by atoms with Crippen LogP contribution in [0.1, 0.15) is 39.0 Å². The summed E-state index contributed by atoms with van der Waals surface area (Å²) in [5.41, 5.74) is 0. The first kappa shape index (κ1) is 22.0. The molecule has 0 aromatic carbocycles. The van der Waals surface area contributed by atoms with Crippen molar-refractivity contribution in [1.29, 1.82) is 0 Å². The Morgan fingerprint density at radius 1 is 1.21 bits per heavy atom. The van der Waals surface area contributed by atoms with Crippen molar-refractivity contribution in [3.05, 3.63) is 16.5 Å². The quantitative estimate of drug-likeness (QED) is 0.697.